The van der Waals surface area contributed by atoms with E-state index in [9.17, 15) is 8.42 Å². The maximum absolute atomic E-state index is 12.2. The molecule has 1 aromatic carbocycles. The first-order valence-electron chi connectivity index (χ1n) is 7.57. The number of halogens is 1. The predicted octanol–water partition coefficient (Wildman–Crippen LogP) is 2.76. The summed E-state index contributed by atoms with van der Waals surface area (Å²) < 4.78 is 28.6. The van der Waals surface area contributed by atoms with Crippen molar-refractivity contribution in [1.29, 1.82) is 0 Å². The van der Waals surface area contributed by atoms with Crippen LogP contribution in [-0.4, -0.2) is 23.2 Å². The first-order chi connectivity index (χ1) is 11.9. The van der Waals surface area contributed by atoms with Crippen LogP contribution < -0.4 is 4.72 Å². The van der Waals surface area contributed by atoms with Gasteiger partial charge in [0.25, 0.3) is 0 Å². The number of hydrogen-bond donors (Lipinski definition) is 1. The van der Waals surface area contributed by atoms with Gasteiger partial charge in [-0.05, 0) is 29.3 Å². The summed E-state index contributed by atoms with van der Waals surface area (Å²) in [6.07, 6.45) is 5.26. The van der Waals surface area contributed by atoms with E-state index < -0.39 is 10.0 Å². The molecule has 1 N–H and O–H groups in total. The van der Waals surface area contributed by atoms with Gasteiger partial charge in [0.2, 0.25) is 10.0 Å². The molecule has 0 amide bonds. The summed E-state index contributed by atoms with van der Waals surface area (Å²) in [5.41, 5.74) is 3.17. The second kappa shape index (κ2) is 7.35. The maximum Gasteiger partial charge on any atom is 0.216 e. The van der Waals surface area contributed by atoms with Gasteiger partial charge in [-0.15, -0.1) is 0 Å². The molecule has 2 aromatic heterocycles. The van der Waals surface area contributed by atoms with Crippen LogP contribution in [-0.2, 0) is 29.4 Å². The van der Waals surface area contributed by atoms with Gasteiger partial charge in [-0.3, -0.25) is 9.67 Å². The monoisotopic (exact) mass is 376 g/mol. The smallest absolute Gasteiger partial charge is 0.216 e. The van der Waals surface area contributed by atoms with Crippen molar-refractivity contribution in [2.75, 3.05) is 0 Å². The standard InChI is InChI=1S/C17H17ClN4O2S/c1-22-11-15(10-20-22)17-7-4-14(8-19-17)9-21-25(23,24)12-13-2-5-16(18)6-3-13/h2-8,10-11,21H,9,12H2,1H3. The molecule has 0 aliphatic rings. The lowest BCUT2D eigenvalue weighted by atomic mass is 10.2. The van der Waals surface area contributed by atoms with Gasteiger partial charge >= 0.3 is 0 Å². The summed E-state index contributed by atoms with van der Waals surface area (Å²) in [5.74, 6) is -0.0919. The molecule has 6 nitrogen and oxygen atoms in total. The molecule has 0 fully saturated rings. The third kappa shape index (κ3) is 4.88. The molecular formula is C17H17ClN4O2S. The van der Waals surface area contributed by atoms with Crippen LogP contribution in [0.2, 0.25) is 5.02 Å². The van der Waals surface area contributed by atoms with Crippen molar-refractivity contribution in [3.63, 3.8) is 0 Å². The molecule has 3 aromatic rings. The van der Waals surface area contributed by atoms with Crippen LogP contribution >= 0.6 is 11.6 Å². The largest absolute Gasteiger partial charge is 0.275 e. The van der Waals surface area contributed by atoms with Crippen LogP contribution in [0.25, 0.3) is 11.3 Å². The van der Waals surface area contributed by atoms with Crippen LogP contribution in [0.4, 0.5) is 0 Å². The molecule has 0 atom stereocenters. The Balaban J connectivity index is 1.61. The van der Waals surface area contributed by atoms with E-state index in [1.165, 1.54) is 0 Å². The number of sulfonamides is 1. The molecule has 0 saturated carbocycles. The lowest BCUT2D eigenvalue weighted by molar-refractivity contribution is 0.580. The minimum Gasteiger partial charge on any atom is -0.275 e. The third-order valence-corrected chi connectivity index (χ3v) is 5.14. The number of pyridine rings is 1. The number of nitrogens with one attached hydrogen (secondary N) is 1. The van der Waals surface area contributed by atoms with E-state index >= 15 is 0 Å². The van der Waals surface area contributed by atoms with Crippen molar-refractivity contribution in [2.24, 2.45) is 7.05 Å². The topological polar surface area (TPSA) is 76.9 Å². The molecule has 0 bridgehead atoms. The highest BCUT2D eigenvalue weighted by molar-refractivity contribution is 7.88. The van der Waals surface area contributed by atoms with Crippen molar-refractivity contribution < 1.29 is 8.42 Å². The Morgan fingerprint density at radius 2 is 1.80 bits per heavy atom. The highest BCUT2D eigenvalue weighted by Crippen LogP contribution is 2.16. The quantitative estimate of drug-likeness (QED) is 0.717. The summed E-state index contributed by atoms with van der Waals surface area (Å²) in [6, 6.07) is 10.4. The van der Waals surface area contributed by atoms with Gasteiger partial charge in [-0.1, -0.05) is 29.8 Å². The normalized spacial score (nSPS) is 11.6. The highest BCUT2D eigenvalue weighted by atomic mass is 35.5. The van der Waals surface area contributed by atoms with Gasteiger partial charge in [0, 0.05) is 36.6 Å². The summed E-state index contributed by atoms with van der Waals surface area (Å²) in [4.78, 5) is 4.35. The Labute approximate surface area is 151 Å². The maximum atomic E-state index is 12.2. The van der Waals surface area contributed by atoms with E-state index in [4.69, 9.17) is 11.6 Å². The second-order valence-corrected chi connectivity index (χ2v) is 7.90. The molecule has 130 valence electrons. The Hall–Kier alpha value is -2.22. The first-order valence-corrected chi connectivity index (χ1v) is 9.60. The first kappa shape index (κ1) is 17.6. The van der Waals surface area contributed by atoms with Crippen molar-refractivity contribution in [3.8, 4) is 11.3 Å². The summed E-state index contributed by atoms with van der Waals surface area (Å²) >= 11 is 5.81. The molecule has 0 saturated heterocycles. The van der Waals surface area contributed by atoms with Crippen LogP contribution in [0.3, 0.4) is 0 Å². The number of hydrogen-bond acceptors (Lipinski definition) is 4. The number of benzene rings is 1. The Morgan fingerprint density at radius 1 is 1.08 bits per heavy atom. The van der Waals surface area contributed by atoms with Gasteiger partial charge in [0.1, 0.15) is 0 Å². The van der Waals surface area contributed by atoms with E-state index in [-0.39, 0.29) is 12.3 Å². The lowest BCUT2D eigenvalue weighted by Gasteiger charge is -2.07. The van der Waals surface area contributed by atoms with Crippen LogP contribution in [0.15, 0.2) is 55.0 Å². The molecule has 25 heavy (non-hydrogen) atoms. The van der Waals surface area contributed by atoms with Crippen molar-refractivity contribution in [1.82, 2.24) is 19.5 Å². The van der Waals surface area contributed by atoms with Crippen LogP contribution in [0.5, 0.6) is 0 Å². The zero-order chi connectivity index (χ0) is 17.9. The number of aromatic nitrogens is 3. The molecule has 3 rings (SSSR count). The van der Waals surface area contributed by atoms with Gasteiger partial charge in [-0.2, -0.15) is 5.10 Å². The van der Waals surface area contributed by atoms with E-state index in [1.54, 1.807) is 41.3 Å². The van der Waals surface area contributed by atoms with Crippen molar-refractivity contribution >= 4 is 21.6 Å². The second-order valence-electron chi connectivity index (χ2n) is 5.66. The molecule has 0 unspecified atom stereocenters. The molecule has 0 aliphatic carbocycles. The average Bonchev–Trinajstić information content (AvgIpc) is 3.02. The zero-order valence-corrected chi connectivity index (χ0v) is 15.1. The van der Waals surface area contributed by atoms with Crippen molar-refractivity contribution in [2.45, 2.75) is 12.3 Å². The van der Waals surface area contributed by atoms with E-state index in [2.05, 4.69) is 14.8 Å². The molecule has 0 radical (unpaired) electrons. The van der Waals surface area contributed by atoms with E-state index in [1.807, 2.05) is 25.4 Å². The number of aryl methyl sites for hydroxylation is 1. The Morgan fingerprint density at radius 3 is 2.40 bits per heavy atom. The van der Waals surface area contributed by atoms with Crippen molar-refractivity contribution in [3.05, 3.63) is 71.1 Å². The zero-order valence-electron chi connectivity index (χ0n) is 13.6. The Bertz CT molecular complexity index is 951. The lowest BCUT2D eigenvalue weighted by Crippen LogP contribution is -2.24. The van der Waals surface area contributed by atoms with E-state index in [0.29, 0.717) is 10.6 Å². The summed E-state index contributed by atoms with van der Waals surface area (Å²) in [5, 5.41) is 4.68. The molecule has 8 heteroatoms. The Kier molecular flexibility index (Phi) is 5.17. The molecular weight excluding hydrogens is 360 g/mol. The summed E-state index contributed by atoms with van der Waals surface area (Å²) in [7, 11) is -1.60. The third-order valence-electron chi connectivity index (χ3n) is 3.59. The molecule has 0 aliphatic heterocycles. The molecule has 0 spiro atoms. The van der Waals surface area contributed by atoms with E-state index in [0.717, 1.165) is 16.8 Å². The predicted molar refractivity (Wildman–Crippen MR) is 97.4 cm³/mol. The summed E-state index contributed by atoms with van der Waals surface area (Å²) in [6.45, 7) is 0.191. The average molecular weight is 377 g/mol. The highest BCUT2D eigenvalue weighted by Gasteiger charge is 2.11. The minimum absolute atomic E-state index is 0.0919. The van der Waals surface area contributed by atoms with Crippen LogP contribution in [0, 0.1) is 0 Å². The van der Waals surface area contributed by atoms with Gasteiger partial charge in [-0.25, -0.2) is 13.1 Å². The minimum atomic E-state index is -3.44. The number of nitrogens with zero attached hydrogens (tertiary/aromatic N) is 3. The van der Waals surface area contributed by atoms with Gasteiger partial charge in [0.15, 0.2) is 0 Å². The SMILES string of the molecule is Cn1cc(-c2ccc(CNS(=O)(=O)Cc3ccc(Cl)cc3)cn2)cn1. The fourth-order valence-electron chi connectivity index (χ4n) is 2.30. The number of rotatable bonds is 6. The molecule has 2 heterocycles. The van der Waals surface area contributed by atoms with Crippen LogP contribution in [0.1, 0.15) is 11.1 Å². The van der Waals surface area contributed by atoms with Gasteiger partial charge < -0.3 is 0 Å². The fraction of sp³-hybridized carbons (Fsp3) is 0.176. The van der Waals surface area contributed by atoms with Gasteiger partial charge in [0.05, 0.1) is 17.6 Å². The fourth-order valence-corrected chi connectivity index (χ4v) is 3.54.